The summed E-state index contributed by atoms with van der Waals surface area (Å²) in [5, 5.41) is 0.547. The van der Waals surface area contributed by atoms with Crippen LogP contribution in [-0.2, 0) is 4.79 Å². The van der Waals surface area contributed by atoms with E-state index in [1.807, 2.05) is 18.0 Å². The number of hydrogen-bond acceptors (Lipinski definition) is 3. The quantitative estimate of drug-likeness (QED) is 0.791. The second-order valence-corrected chi connectivity index (χ2v) is 3.78. The lowest BCUT2D eigenvalue weighted by molar-refractivity contribution is -0.115. The molecule has 3 nitrogen and oxygen atoms in total. The Bertz CT molecular complexity index is 366. The van der Waals surface area contributed by atoms with Gasteiger partial charge in [-0.15, -0.1) is 0 Å². The largest absolute Gasteiger partial charge is 0.495 e. The van der Waals surface area contributed by atoms with E-state index in [1.54, 1.807) is 26.2 Å². The van der Waals surface area contributed by atoms with Crippen molar-refractivity contribution in [2.45, 2.75) is 6.92 Å². The Morgan fingerprint density at radius 1 is 1.53 bits per heavy atom. The van der Waals surface area contributed by atoms with E-state index < -0.39 is 0 Å². The number of ketones is 1. The Morgan fingerprint density at radius 3 is 2.67 bits per heavy atom. The van der Waals surface area contributed by atoms with E-state index in [9.17, 15) is 4.79 Å². The monoisotopic (exact) mass is 227 g/mol. The van der Waals surface area contributed by atoms with Crippen molar-refractivity contribution in [3.8, 4) is 5.75 Å². The van der Waals surface area contributed by atoms with Gasteiger partial charge in [0.2, 0.25) is 0 Å². The van der Waals surface area contributed by atoms with E-state index in [2.05, 4.69) is 0 Å². The zero-order valence-electron chi connectivity index (χ0n) is 9.08. The van der Waals surface area contributed by atoms with Crippen molar-refractivity contribution in [1.82, 2.24) is 0 Å². The highest BCUT2D eigenvalue weighted by Gasteiger charge is 2.06. The van der Waals surface area contributed by atoms with Crippen molar-refractivity contribution >= 4 is 23.1 Å². The summed E-state index contributed by atoms with van der Waals surface area (Å²) in [5.74, 6) is 0.751. The predicted molar refractivity (Wildman–Crippen MR) is 62.0 cm³/mol. The first kappa shape index (κ1) is 11.9. The SMILES string of the molecule is COc1ccc(N(C)CC(C)=O)cc1Cl. The maximum absolute atomic E-state index is 10.9. The number of halogens is 1. The molecule has 0 amide bonds. The van der Waals surface area contributed by atoms with Crippen LogP contribution in [-0.4, -0.2) is 26.5 Å². The van der Waals surface area contributed by atoms with E-state index in [4.69, 9.17) is 16.3 Å². The predicted octanol–water partition coefficient (Wildman–Crippen LogP) is 2.37. The third-order valence-electron chi connectivity index (χ3n) is 2.04. The Balaban J connectivity index is 2.87. The van der Waals surface area contributed by atoms with Gasteiger partial charge in [0.05, 0.1) is 18.7 Å². The van der Waals surface area contributed by atoms with Crippen molar-refractivity contribution in [2.75, 3.05) is 25.6 Å². The maximum Gasteiger partial charge on any atom is 0.149 e. The van der Waals surface area contributed by atoms with Gasteiger partial charge in [0.1, 0.15) is 11.5 Å². The molecule has 1 rings (SSSR count). The second kappa shape index (κ2) is 5.03. The number of nitrogens with zero attached hydrogens (tertiary/aromatic N) is 1. The first-order valence-electron chi connectivity index (χ1n) is 4.58. The molecule has 0 fully saturated rings. The molecule has 1 aromatic rings. The Hall–Kier alpha value is -1.22. The van der Waals surface area contributed by atoms with E-state index in [0.717, 1.165) is 5.69 Å². The lowest BCUT2D eigenvalue weighted by Crippen LogP contribution is -2.23. The average Bonchev–Trinajstić information content (AvgIpc) is 2.16. The molecule has 0 radical (unpaired) electrons. The molecule has 1 aromatic carbocycles. The van der Waals surface area contributed by atoms with Gasteiger partial charge in [-0.1, -0.05) is 11.6 Å². The number of benzene rings is 1. The van der Waals surface area contributed by atoms with Crippen molar-refractivity contribution < 1.29 is 9.53 Å². The number of hydrogen-bond donors (Lipinski definition) is 0. The fourth-order valence-corrected chi connectivity index (χ4v) is 1.57. The highest BCUT2D eigenvalue weighted by molar-refractivity contribution is 6.32. The van der Waals surface area contributed by atoms with Crippen molar-refractivity contribution in [1.29, 1.82) is 0 Å². The molecule has 0 unspecified atom stereocenters. The fourth-order valence-electron chi connectivity index (χ4n) is 1.32. The van der Waals surface area contributed by atoms with Crippen LogP contribution < -0.4 is 9.64 Å². The topological polar surface area (TPSA) is 29.5 Å². The minimum atomic E-state index is 0.115. The van der Waals surface area contributed by atoms with E-state index in [1.165, 1.54) is 0 Å². The zero-order chi connectivity index (χ0) is 11.4. The smallest absolute Gasteiger partial charge is 0.149 e. The minimum Gasteiger partial charge on any atom is -0.495 e. The molecular weight excluding hydrogens is 214 g/mol. The molecule has 15 heavy (non-hydrogen) atoms. The van der Waals surface area contributed by atoms with Crippen molar-refractivity contribution in [2.24, 2.45) is 0 Å². The summed E-state index contributed by atoms with van der Waals surface area (Å²) in [5.41, 5.74) is 0.899. The normalized spacial score (nSPS) is 9.87. The summed E-state index contributed by atoms with van der Waals surface area (Å²) < 4.78 is 5.04. The standard InChI is InChI=1S/C11H14ClNO2/c1-8(14)7-13(2)9-4-5-11(15-3)10(12)6-9/h4-6H,7H2,1-3H3. The molecule has 82 valence electrons. The molecule has 0 aliphatic carbocycles. The summed E-state index contributed by atoms with van der Waals surface area (Å²) in [6.07, 6.45) is 0. The van der Waals surface area contributed by atoms with Gasteiger partial charge in [0, 0.05) is 12.7 Å². The van der Waals surface area contributed by atoms with Crippen LogP contribution in [0.25, 0.3) is 0 Å². The second-order valence-electron chi connectivity index (χ2n) is 3.38. The van der Waals surface area contributed by atoms with Crippen molar-refractivity contribution in [3.63, 3.8) is 0 Å². The fraction of sp³-hybridized carbons (Fsp3) is 0.364. The summed E-state index contributed by atoms with van der Waals surface area (Å²) in [7, 11) is 3.42. The first-order valence-corrected chi connectivity index (χ1v) is 4.96. The van der Waals surface area contributed by atoms with Gasteiger partial charge in [0.15, 0.2) is 0 Å². The molecule has 0 bridgehead atoms. The van der Waals surface area contributed by atoms with Crippen LogP contribution in [0.4, 0.5) is 5.69 Å². The van der Waals surface area contributed by atoms with Crippen LogP contribution in [0.1, 0.15) is 6.92 Å². The average molecular weight is 228 g/mol. The summed E-state index contributed by atoms with van der Waals surface area (Å²) in [4.78, 5) is 12.8. The lowest BCUT2D eigenvalue weighted by atomic mass is 10.2. The highest BCUT2D eigenvalue weighted by atomic mass is 35.5. The summed E-state index contributed by atoms with van der Waals surface area (Å²) in [6.45, 7) is 1.93. The van der Waals surface area contributed by atoms with Gasteiger partial charge in [-0.2, -0.15) is 0 Å². The van der Waals surface area contributed by atoms with Gasteiger partial charge in [-0.25, -0.2) is 0 Å². The molecular formula is C11H14ClNO2. The number of rotatable bonds is 4. The summed E-state index contributed by atoms with van der Waals surface area (Å²) >= 11 is 5.97. The van der Waals surface area contributed by atoms with Crippen LogP contribution in [0.5, 0.6) is 5.75 Å². The molecule has 0 heterocycles. The lowest BCUT2D eigenvalue weighted by Gasteiger charge is -2.18. The number of anilines is 1. The number of carbonyl (C=O) groups is 1. The zero-order valence-corrected chi connectivity index (χ0v) is 9.84. The molecule has 4 heteroatoms. The Labute approximate surface area is 94.6 Å². The third-order valence-corrected chi connectivity index (χ3v) is 2.33. The molecule has 0 saturated heterocycles. The van der Waals surface area contributed by atoms with Gasteiger partial charge < -0.3 is 9.64 Å². The molecule has 0 spiro atoms. The van der Waals surface area contributed by atoms with Gasteiger partial charge >= 0.3 is 0 Å². The van der Waals surface area contributed by atoms with Crippen LogP contribution in [0, 0.1) is 0 Å². The highest BCUT2D eigenvalue weighted by Crippen LogP contribution is 2.28. The van der Waals surface area contributed by atoms with E-state index >= 15 is 0 Å². The maximum atomic E-state index is 10.9. The molecule has 0 N–H and O–H groups in total. The van der Waals surface area contributed by atoms with Crippen LogP contribution in [0.3, 0.4) is 0 Å². The Kier molecular flexibility index (Phi) is 3.97. The van der Waals surface area contributed by atoms with Crippen LogP contribution in [0.15, 0.2) is 18.2 Å². The van der Waals surface area contributed by atoms with Crippen LogP contribution >= 0.6 is 11.6 Å². The molecule has 0 atom stereocenters. The van der Waals surface area contributed by atoms with Gasteiger partial charge in [-0.05, 0) is 25.1 Å². The number of ether oxygens (including phenoxy) is 1. The van der Waals surface area contributed by atoms with Crippen molar-refractivity contribution in [3.05, 3.63) is 23.2 Å². The molecule has 0 aromatic heterocycles. The van der Waals surface area contributed by atoms with E-state index in [0.29, 0.717) is 17.3 Å². The molecule has 0 aliphatic heterocycles. The molecule has 0 aliphatic rings. The first-order chi connectivity index (χ1) is 7.04. The van der Waals surface area contributed by atoms with E-state index in [-0.39, 0.29) is 5.78 Å². The van der Waals surface area contributed by atoms with Gasteiger partial charge in [0.25, 0.3) is 0 Å². The number of likely N-dealkylation sites (N-methyl/N-ethyl adjacent to an activating group) is 1. The number of methoxy groups -OCH3 is 1. The van der Waals surface area contributed by atoms with Gasteiger partial charge in [-0.3, -0.25) is 4.79 Å². The third kappa shape index (κ3) is 3.13. The number of Topliss-reactive ketones (excluding diaryl/α,β-unsaturated/α-hetero) is 1. The summed E-state index contributed by atoms with van der Waals surface area (Å²) in [6, 6.07) is 5.44. The Morgan fingerprint density at radius 2 is 2.20 bits per heavy atom. The van der Waals surface area contributed by atoms with Crippen LogP contribution in [0.2, 0.25) is 5.02 Å². The number of carbonyl (C=O) groups excluding carboxylic acids is 1. The molecule has 0 saturated carbocycles. The minimum absolute atomic E-state index is 0.115.